The van der Waals surface area contributed by atoms with E-state index in [0.717, 1.165) is 5.56 Å². The maximum absolute atomic E-state index is 10.2. The second-order valence-electron chi connectivity index (χ2n) is 2.06. The SMILES string of the molecule is CCl.O=C(O)Cc1ccccc1. The van der Waals surface area contributed by atoms with Crippen LogP contribution in [0.15, 0.2) is 30.3 Å². The third kappa shape index (κ3) is 4.74. The molecule has 2 nitrogen and oxygen atoms in total. The average Bonchev–Trinajstić information content (AvgIpc) is 2.08. The standard InChI is InChI=1S/C8H8O2.CH3Cl/c9-8(10)6-7-4-2-1-3-5-7;1-2/h1-5H,6H2,(H,9,10);1H3. The van der Waals surface area contributed by atoms with E-state index in [2.05, 4.69) is 11.6 Å². The maximum atomic E-state index is 10.2. The smallest absolute Gasteiger partial charge is 0.307 e. The predicted molar refractivity (Wildman–Crippen MR) is 49.6 cm³/mol. The summed E-state index contributed by atoms with van der Waals surface area (Å²) in [5.41, 5.74) is 0.843. The van der Waals surface area contributed by atoms with Gasteiger partial charge in [0.1, 0.15) is 0 Å². The van der Waals surface area contributed by atoms with Crippen LogP contribution in [0, 0.1) is 0 Å². The highest BCUT2D eigenvalue weighted by molar-refractivity contribution is 6.15. The van der Waals surface area contributed by atoms with E-state index >= 15 is 0 Å². The number of hydrogen-bond acceptors (Lipinski definition) is 1. The van der Waals surface area contributed by atoms with E-state index in [-0.39, 0.29) is 6.42 Å². The topological polar surface area (TPSA) is 37.3 Å². The normalized spacial score (nSPS) is 8.17. The third-order valence-corrected chi connectivity index (χ3v) is 1.20. The van der Waals surface area contributed by atoms with Gasteiger partial charge in [-0.2, -0.15) is 0 Å². The van der Waals surface area contributed by atoms with Crippen molar-refractivity contribution in [3.63, 3.8) is 0 Å². The molecule has 66 valence electrons. The van der Waals surface area contributed by atoms with Crippen molar-refractivity contribution in [1.82, 2.24) is 0 Å². The minimum Gasteiger partial charge on any atom is -0.481 e. The molecule has 0 heterocycles. The summed E-state index contributed by atoms with van der Waals surface area (Å²) in [5.74, 6) is -0.786. The van der Waals surface area contributed by atoms with E-state index in [0.29, 0.717) is 0 Å². The zero-order chi connectivity index (χ0) is 9.40. The third-order valence-electron chi connectivity index (χ3n) is 1.20. The first-order valence-electron chi connectivity index (χ1n) is 3.42. The Hall–Kier alpha value is -1.02. The molecule has 0 fully saturated rings. The van der Waals surface area contributed by atoms with E-state index in [9.17, 15) is 4.79 Å². The molecule has 0 amide bonds. The number of benzene rings is 1. The fraction of sp³-hybridized carbons (Fsp3) is 0.222. The number of carboxylic acid groups (broad SMARTS) is 1. The highest BCUT2D eigenvalue weighted by atomic mass is 35.5. The summed E-state index contributed by atoms with van der Waals surface area (Å²) in [6.45, 7) is 0. The van der Waals surface area contributed by atoms with Crippen molar-refractivity contribution in [3.8, 4) is 0 Å². The molecule has 0 saturated carbocycles. The molecule has 0 aliphatic rings. The van der Waals surface area contributed by atoms with Gasteiger partial charge in [0.15, 0.2) is 0 Å². The number of rotatable bonds is 2. The number of alkyl halides is 1. The van der Waals surface area contributed by atoms with Crippen LogP contribution in [0.25, 0.3) is 0 Å². The van der Waals surface area contributed by atoms with Crippen molar-refractivity contribution >= 4 is 17.6 Å². The minimum atomic E-state index is -0.786. The van der Waals surface area contributed by atoms with Gasteiger partial charge in [-0.3, -0.25) is 4.79 Å². The Labute approximate surface area is 76.8 Å². The molecule has 0 aromatic heterocycles. The van der Waals surface area contributed by atoms with E-state index in [1.165, 1.54) is 6.38 Å². The van der Waals surface area contributed by atoms with Gasteiger partial charge in [-0.15, -0.1) is 11.6 Å². The highest BCUT2D eigenvalue weighted by Crippen LogP contribution is 1.98. The van der Waals surface area contributed by atoms with E-state index in [1.807, 2.05) is 18.2 Å². The van der Waals surface area contributed by atoms with Crippen LogP contribution in [0.5, 0.6) is 0 Å². The lowest BCUT2D eigenvalue weighted by Gasteiger charge is -1.92. The van der Waals surface area contributed by atoms with E-state index in [4.69, 9.17) is 5.11 Å². The average molecular weight is 187 g/mol. The number of aliphatic carboxylic acids is 1. The molecule has 1 rings (SSSR count). The van der Waals surface area contributed by atoms with Crippen molar-refractivity contribution in [3.05, 3.63) is 35.9 Å². The van der Waals surface area contributed by atoms with Crippen LogP contribution in [-0.4, -0.2) is 17.5 Å². The van der Waals surface area contributed by atoms with Crippen LogP contribution in [0.1, 0.15) is 5.56 Å². The lowest BCUT2D eigenvalue weighted by molar-refractivity contribution is -0.136. The molecule has 1 N–H and O–H groups in total. The summed E-state index contributed by atoms with van der Waals surface area (Å²) in [5, 5.41) is 8.37. The van der Waals surface area contributed by atoms with Crippen LogP contribution in [-0.2, 0) is 11.2 Å². The monoisotopic (exact) mass is 186 g/mol. The van der Waals surface area contributed by atoms with Crippen molar-refractivity contribution in [2.24, 2.45) is 0 Å². The van der Waals surface area contributed by atoms with Gasteiger partial charge in [0.05, 0.1) is 6.42 Å². The molecule has 0 saturated heterocycles. The lowest BCUT2D eigenvalue weighted by Crippen LogP contribution is -1.98. The zero-order valence-electron chi connectivity index (χ0n) is 6.83. The molecule has 0 aliphatic heterocycles. The Morgan fingerprint density at radius 3 is 2.25 bits per heavy atom. The first kappa shape index (κ1) is 11.0. The van der Waals surface area contributed by atoms with Crippen molar-refractivity contribution in [2.75, 3.05) is 6.38 Å². The number of halogens is 1. The fourth-order valence-electron chi connectivity index (χ4n) is 0.770. The van der Waals surface area contributed by atoms with Gasteiger partial charge in [0.2, 0.25) is 0 Å². The van der Waals surface area contributed by atoms with Crippen molar-refractivity contribution in [1.29, 1.82) is 0 Å². The van der Waals surface area contributed by atoms with Gasteiger partial charge >= 0.3 is 5.97 Å². The molecule has 0 unspecified atom stereocenters. The molecule has 1 aromatic carbocycles. The highest BCUT2D eigenvalue weighted by Gasteiger charge is 1.96. The summed E-state index contributed by atoms with van der Waals surface area (Å²) in [6, 6.07) is 9.13. The zero-order valence-corrected chi connectivity index (χ0v) is 7.58. The van der Waals surface area contributed by atoms with Gasteiger partial charge in [-0.25, -0.2) is 0 Å². The summed E-state index contributed by atoms with van der Waals surface area (Å²) in [7, 11) is 0. The Morgan fingerprint density at radius 1 is 1.33 bits per heavy atom. The van der Waals surface area contributed by atoms with Crippen molar-refractivity contribution in [2.45, 2.75) is 6.42 Å². The molecule has 0 radical (unpaired) electrons. The van der Waals surface area contributed by atoms with E-state index in [1.54, 1.807) is 12.1 Å². The first-order chi connectivity index (χ1) is 5.79. The Balaban J connectivity index is 0.000000561. The van der Waals surface area contributed by atoms with Crippen molar-refractivity contribution < 1.29 is 9.90 Å². The Bertz CT molecular complexity index is 221. The van der Waals surface area contributed by atoms with Gasteiger partial charge in [0.25, 0.3) is 0 Å². The molecule has 3 heteroatoms. The second-order valence-corrected chi connectivity index (χ2v) is 2.06. The molecule has 0 atom stereocenters. The molecule has 12 heavy (non-hydrogen) atoms. The number of carbonyl (C=O) groups is 1. The first-order valence-corrected chi connectivity index (χ1v) is 4.18. The summed E-state index contributed by atoms with van der Waals surface area (Å²) in [6.07, 6.45) is 1.58. The van der Waals surface area contributed by atoms with Crippen LogP contribution in [0.3, 0.4) is 0 Å². The molecule has 0 bridgehead atoms. The van der Waals surface area contributed by atoms with Crippen LogP contribution >= 0.6 is 11.6 Å². The van der Waals surface area contributed by atoms with E-state index < -0.39 is 5.97 Å². The largest absolute Gasteiger partial charge is 0.481 e. The predicted octanol–water partition coefficient (Wildman–Crippen LogP) is 2.17. The van der Waals surface area contributed by atoms with Crippen LogP contribution < -0.4 is 0 Å². The molecular formula is C9H11ClO2. The Kier molecular flexibility index (Phi) is 6.11. The summed E-state index contributed by atoms with van der Waals surface area (Å²) < 4.78 is 0. The molecule has 0 spiro atoms. The Morgan fingerprint density at radius 2 is 1.83 bits per heavy atom. The lowest BCUT2D eigenvalue weighted by atomic mass is 10.2. The quantitative estimate of drug-likeness (QED) is 0.719. The van der Waals surface area contributed by atoms with Crippen LogP contribution in [0.4, 0.5) is 0 Å². The van der Waals surface area contributed by atoms with Gasteiger partial charge < -0.3 is 5.11 Å². The molecule has 0 aliphatic carbocycles. The maximum Gasteiger partial charge on any atom is 0.307 e. The van der Waals surface area contributed by atoms with Gasteiger partial charge in [-0.05, 0) is 5.56 Å². The molecule has 1 aromatic rings. The number of carboxylic acids is 1. The van der Waals surface area contributed by atoms with Crippen LogP contribution in [0.2, 0.25) is 0 Å². The summed E-state index contributed by atoms with van der Waals surface area (Å²) >= 11 is 4.64. The molecular weight excluding hydrogens is 176 g/mol. The fourth-order valence-corrected chi connectivity index (χ4v) is 0.770. The van der Waals surface area contributed by atoms with Gasteiger partial charge in [-0.1, -0.05) is 30.3 Å². The summed E-state index contributed by atoms with van der Waals surface area (Å²) in [4.78, 5) is 10.2. The number of hydrogen-bond donors (Lipinski definition) is 1. The second kappa shape index (κ2) is 6.68. The minimum absolute atomic E-state index is 0.112. The van der Waals surface area contributed by atoms with Gasteiger partial charge in [0, 0.05) is 6.38 Å².